The molecule has 0 saturated carbocycles. The highest BCUT2D eigenvalue weighted by Gasteiger charge is 1.99. The van der Waals surface area contributed by atoms with E-state index in [0.29, 0.717) is 6.42 Å². The van der Waals surface area contributed by atoms with E-state index in [1.54, 1.807) is 0 Å². The predicted octanol–water partition coefficient (Wildman–Crippen LogP) is 2.71. The Morgan fingerprint density at radius 1 is 1.12 bits per heavy atom. The van der Waals surface area contributed by atoms with Crippen LogP contribution in [0.4, 0.5) is 0 Å². The molecule has 0 aromatic rings. The molecule has 3 nitrogen and oxygen atoms in total. The van der Waals surface area contributed by atoms with Crippen molar-refractivity contribution in [3.8, 4) is 0 Å². The zero-order valence-electron chi connectivity index (χ0n) is 10.6. The largest absolute Gasteiger partial charge is 0.481 e. The van der Waals surface area contributed by atoms with Crippen LogP contribution in [0.5, 0.6) is 0 Å². The number of unbranched alkanes of at least 4 members (excludes halogenated alkanes) is 2. The van der Waals surface area contributed by atoms with Crippen molar-refractivity contribution in [1.82, 2.24) is 4.90 Å². The molecule has 0 aliphatic heterocycles. The summed E-state index contributed by atoms with van der Waals surface area (Å²) in [6, 6.07) is 0. The average Bonchev–Trinajstić information content (AvgIpc) is 2.27. The molecule has 0 spiro atoms. The van der Waals surface area contributed by atoms with Crippen molar-refractivity contribution in [2.75, 3.05) is 31.1 Å². The molecule has 0 fully saturated rings. The SMILES string of the molecule is CCN(CC)CCSCCCCCC(=O)O. The van der Waals surface area contributed by atoms with Crippen LogP contribution < -0.4 is 0 Å². The highest BCUT2D eigenvalue weighted by molar-refractivity contribution is 7.99. The van der Waals surface area contributed by atoms with Gasteiger partial charge >= 0.3 is 5.97 Å². The second kappa shape index (κ2) is 11.3. The van der Waals surface area contributed by atoms with Gasteiger partial charge in [0.1, 0.15) is 0 Å². The molecule has 16 heavy (non-hydrogen) atoms. The van der Waals surface area contributed by atoms with Crippen LogP contribution in [0.1, 0.15) is 39.5 Å². The average molecular weight is 247 g/mol. The van der Waals surface area contributed by atoms with E-state index in [0.717, 1.165) is 32.4 Å². The summed E-state index contributed by atoms with van der Waals surface area (Å²) in [5.41, 5.74) is 0. The number of hydrogen-bond acceptors (Lipinski definition) is 3. The highest BCUT2D eigenvalue weighted by Crippen LogP contribution is 2.08. The number of nitrogens with zero attached hydrogens (tertiary/aromatic N) is 1. The van der Waals surface area contributed by atoms with Crippen molar-refractivity contribution in [1.29, 1.82) is 0 Å². The monoisotopic (exact) mass is 247 g/mol. The molecule has 0 atom stereocenters. The molecular weight excluding hydrogens is 222 g/mol. The summed E-state index contributed by atoms with van der Waals surface area (Å²) in [4.78, 5) is 12.7. The minimum atomic E-state index is -0.672. The van der Waals surface area contributed by atoms with Gasteiger partial charge in [-0.15, -0.1) is 0 Å². The molecule has 0 rings (SSSR count). The first-order valence-electron chi connectivity index (χ1n) is 6.22. The lowest BCUT2D eigenvalue weighted by molar-refractivity contribution is -0.137. The predicted molar refractivity (Wildman–Crippen MR) is 71.2 cm³/mol. The molecule has 0 bridgehead atoms. The van der Waals surface area contributed by atoms with Crippen molar-refractivity contribution >= 4 is 17.7 Å². The van der Waals surface area contributed by atoms with E-state index in [-0.39, 0.29) is 0 Å². The number of carboxylic acids is 1. The summed E-state index contributed by atoms with van der Waals surface area (Å²) < 4.78 is 0. The summed E-state index contributed by atoms with van der Waals surface area (Å²) >= 11 is 1.98. The van der Waals surface area contributed by atoms with Gasteiger partial charge in [-0.3, -0.25) is 4.79 Å². The fraction of sp³-hybridized carbons (Fsp3) is 0.917. The van der Waals surface area contributed by atoms with Gasteiger partial charge in [0.2, 0.25) is 0 Å². The molecule has 1 N–H and O–H groups in total. The Balaban J connectivity index is 3.12. The normalized spacial score (nSPS) is 10.9. The van der Waals surface area contributed by atoms with Crippen LogP contribution in [0.25, 0.3) is 0 Å². The quantitative estimate of drug-likeness (QED) is 0.570. The van der Waals surface area contributed by atoms with Gasteiger partial charge < -0.3 is 10.0 Å². The van der Waals surface area contributed by atoms with Gasteiger partial charge in [0.15, 0.2) is 0 Å². The minimum Gasteiger partial charge on any atom is -0.481 e. The van der Waals surface area contributed by atoms with Crippen LogP contribution in [0, 0.1) is 0 Å². The van der Waals surface area contributed by atoms with E-state index in [2.05, 4.69) is 18.7 Å². The lowest BCUT2D eigenvalue weighted by atomic mass is 10.2. The van der Waals surface area contributed by atoms with Crippen LogP contribution in [0.2, 0.25) is 0 Å². The number of carbonyl (C=O) groups is 1. The standard InChI is InChI=1S/C12H25NO2S/c1-3-13(4-2)9-11-16-10-7-5-6-8-12(14)15/h3-11H2,1-2H3,(H,14,15). The van der Waals surface area contributed by atoms with Gasteiger partial charge in [-0.25, -0.2) is 0 Å². The third kappa shape index (κ3) is 10.3. The van der Waals surface area contributed by atoms with Crippen molar-refractivity contribution in [2.24, 2.45) is 0 Å². The molecule has 4 heteroatoms. The van der Waals surface area contributed by atoms with E-state index in [4.69, 9.17) is 5.11 Å². The van der Waals surface area contributed by atoms with Gasteiger partial charge in [0.25, 0.3) is 0 Å². The molecule has 0 aromatic heterocycles. The van der Waals surface area contributed by atoms with E-state index in [9.17, 15) is 4.79 Å². The van der Waals surface area contributed by atoms with Crippen LogP contribution in [0.3, 0.4) is 0 Å². The van der Waals surface area contributed by atoms with Crippen molar-refractivity contribution in [2.45, 2.75) is 39.5 Å². The molecule has 0 amide bonds. The van der Waals surface area contributed by atoms with Crippen molar-refractivity contribution < 1.29 is 9.90 Å². The molecular formula is C12H25NO2S. The van der Waals surface area contributed by atoms with Crippen LogP contribution in [-0.2, 0) is 4.79 Å². The van der Waals surface area contributed by atoms with E-state index < -0.39 is 5.97 Å². The van der Waals surface area contributed by atoms with Crippen LogP contribution >= 0.6 is 11.8 Å². The topological polar surface area (TPSA) is 40.5 Å². The Bertz CT molecular complexity index is 172. The van der Waals surface area contributed by atoms with Crippen molar-refractivity contribution in [3.63, 3.8) is 0 Å². The zero-order chi connectivity index (χ0) is 12.2. The Labute approximate surface area is 104 Å². The lowest BCUT2D eigenvalue weighted by Gasteiger charge is -2.17. The summed E-state index contributed by atoms with van der Waals surface area (Å²) in [5, 5.41) is 8.46. The van der Waals surface area contributed by atoms with Crippen molar-refractivity contribution in [3.05, 3.63) is 0 Å². The van der Waals surface area contributed by atoms with E-state index in [1.807, 2.05) is 11.8 Å². The summed E-state index contributed by atoms with van der Waals surface area (Å²) in [6.07, 6.45) is 3.34. The Hall–Kier alpha value is -0.220. The highest BCUT2D eigenvalue weighted by atomic mass is 32.2. The molecule has 96 valence electrons. The first-order chi connectivity index (χ1) is 7.70. The Morgan fingerprint density at radius 2 is 1.81 bits per heavy atom. The molecule has 0 unspecified atom stereocenters. The lowest BCUT2D eigenvalue weighted by Crippen LogP contribution is -2.25. The van der Waals surface area contributed by atoms with Gasteiger partial charge in [0, 0.05) is 18.7 Å². The maximum Gasteiger partial charge on any atom is 0.303 e. The minimum absolute atomic E-state index is 0.324. The summed E-state index contributed by atoms with van der Waals surface area (Å²) in [7, 11) is 0. The number of thioether (sulfide) groups is 1. The third-order valence-corrected chi connectivity index (χ3v) is 3.67. The molecule has 0 aromatic carbocycles. The Kier molecular flexibility index (Phi) is 11.1. The maximum absolute atomic E-state index is 10.3. The summed E-state index contributed by atoms with van der Waals surface area (Å²) in [6.45, 7) is 7.83. The van der Waals surface area contributed by atoms with E-state index in [1.165, 1.54) is 18.1 Å². The zero-order valence-corrected chi connectivity index (χ0v) is 11.4. The second-order valence-electron chi connectivity index (χ2n) is 3.84. The molecule has 0 aliphatic carbocycles. The molecule has 0 aliphatic rings. The number of carboxylic acid groups (broad SMARTS) is 1. The van der Waals surface area contributed by atoms with Crippen LogP contribution in [0.15, 0.2) is 0 Å². The smallest absolute Gasteiger partial charge is 0.303 e. The fourth-order valence-electron chi connectivity index (χ4n) is 1.49. The van der Waals surface area contributed by atoms with E-state index >= 15 is 0 Å². The Morgan fingerprint density at radius 3 is 2.38 bits per heavy atom. The van der Waals surface area contributed by atoms with Gasteiger partial charge in [0.05, 0.1) is 0 Å². The molecule has 0 saturated heterocycles. The number of hydrogen-bond donors (Lipinski definition) is 1. The van der Waals surface area contributed by atoms with Gasteiger partial charge in [-0.05, 0) is 31.7 Å². The van der Waals surface area contributed by atoms with Crippen LogP contribution in [-0.4, -0.2) is 47.1 Å². The molecule has 0 heterocycles. The molecule has 0 radical (unpaired) electrons. The summed E-state index contributed by atoms with van der Waals surface area (Å²) in [5.74, 6) is 1.69. The van der Waals surface area contributed by atoms with Gasteiger partial charge in [-0.1, -0.05) is 20.3 Å². The number of aliphatic carboxylic acids is 1. The first-order valence-corrected chi connectivity index (χ1v) is 7.38. The maximum atomic E-state index is 10.3. The third-order valence-electron chi connectivity index (χ3n) is 2.63. The van der Waals surface area contributed by atoms with Gasteiger partial charge in [-0.2, -0.15) is 11.8 Å². The number of rotatable bonds is 11. The first kappa shape index (κ1) is 15.8. The second-order valence-corrected chi connectivity index (χ2v) is 5.07. The fourth-order valence-corrected chi connectivity index (χ4v) is 2.49.